The lowest BCUT2D eigenvalue weighted by molar-refractivity contribution is -0.133. The van der Waals surface area contributed by atoms with Gasteiger partial charge in [0.2, 0.25) is 5.91 Å². The predicted octanol–water partition coefficient (Wildman–Crippen LogP) is 2.89. The third kappa shape index (κ3) is 4.65. The average molecular weight is 312 g/mol. The van der Waals surface area contributed by atoms with E-state index in [4.69, 9.17) is 0 Å². The standard InChI is InChI=1S/C18H24N4O/c23-18(10-5-11-22-15-19-14-20-22)21(13-17-8-4-9-17)12-16-6-2-1-3-7-16/h1-3,6-7,14-15,17H,4-5,8-13H2. The van der Waals surface area contributed by atoms with Crippen molar-refractivity contribution in [3.63, 3.8) is 0 Å². The van der Waals surface area contributed by atoms with E-state index in [-0.39, 0.29) is 5.91 Å². The monoisotopic (exact) mass is 312 g/mol. The lowest BCUT2D eigenvalue weighted by atomic mass is 9.85. The van der Waals surface area contributed by atoms with Gasteiger partial charge in [0, 0.05) is 26.1 Å². The molecular weight excluding hydrogens is 288 g/mol. The number of aryl methyl sites for hydroxylation is 1. The largest absolute Gasteiger partial charge is 0.338 e. The third-order valence-electron chi connectivity index (χ3n) is 4.52. The number of hydrogen-bond acceptors (Lipinski definition) is 3. The minimum absolute atomic E-state index is 0.251. The van der Waals surface area contributed by atoms with E-state index in [0.29, 0.717) is 12.3 Å². The van der Waals surface area contributed by atoms with Gasteiger partial charge in [-0.25, -0.2) is 4.98 Å². The molecule has 1 fully saturated rings. The SMILES string of the molecule is O=C(CCCn1cncn1)N(Cc1ccccc1)CC1CCC1. The molecule has 23 heavy (non-hydrogen) atoms. The molecule has 122 valence electrons. The second-order valence-corrected chi connectivity index (χ2v) is 6.32. The lowest BCUT2D eigenvalue weighted by Crippen LogP contribution is -2.37. The number of nitrogens with zero attached hydrogens (tertiary/aromatic N) is 4. The second-order valence-electron chi connectivity index (χ2n) is 6.32. The highest BCUT2D eigenvalue weighted by Crippen LogP contribution is 2.28. The fourth-order valence-electron chi connectivity index (χ4n) is 2.94. The molecule has 1 aromatic carbocycles. The van der Waals surface area contributed by atoms with Crippen LogP contribution in [0.3, 0.4) is 0 Å². The van der Waals surface area contributed by atoms with E-state index in [1.165, 1.54) is 31.2 Å². The number of benzene rings is 1. The van der Waals surface area contributed by atoms with Gasteiger partial charge < -0.3 is 4.90 Å². The van der Waals surface area contributed by atoms with Gasteiger partial charge in [-0.05, 0) is 30.7 Å². The Hall–Kier alpha value is -2.17. The van der Waals surface area contributed by atoms with E-state index in [1.807, 2.05) is 23.1 Å². The number of hydrogen-bond donors (Lipinski definition) is 0. The second kappa shape index (κ2) is 7.90. The van der Waals surface area contributed by atoms with Crippen molar-refractivity contribution in [1.82, 2.24) is 19.7 Å². The summed E-state index contributed by atoms with van der Waals surface area (Å²) in [5.74, 6) is 0.943. The summed E-state index contributed by atoms with van der Waals surface area (Å²) < 4.78 is 1.78. The zero-order valence-corrected chi connectivity index (χ0v) is 13.5. The molecule has 3 rings (SSSR count). The highest BCUT2D eigenvalue weighted by Gasteiger charge is 2.23. The molecule has 5 heteroatoms. The Kier molecular flexibility index (Phi) is 5.40. The van der Waals surface area contributed by atoms with Crippen molar-refractivity contribution in [2.45, 2.75) is 45.2 Å². The summed E-state index contributed by atoms with van der Waals surface area (Å²) in [6, 6.07) is 10.3. The van der Waals surface area contributed by atoms with Crippen LogP contribution >= 0.6 is 0 Å². The van der Waals surface area contributed by atoms with Crippen LogP contribution in [0.25, 0.3) is 0 Å². The molecular formula is C18H24N4O. The molecule has 2 aromatic rings. The summed E-state index contributed by atoms with van der Waals surface area (Å²) in [5.41, 5.74) is 1.21. The van der Waals surface area contributed by atoms with Gasteiger partial charge in [-0.15, -0.1) is 0 Å². The Bertz CT molecular complexity index is 593. The fraction of sp³-hybridized carbons (Fsp3) is 0.500. The number of amides is 1. The summed E-state index contributed by atoms with van der Waals surface area (Å²) in [7, 11) is 0. The van der Waals surface area contributed by atoms with Crippen molar-refractivity contribution in [2.75, 3.05) is 6.54 Å². The molecule has 0 saturated heterocycles. The molecule has 0 radical (unpaired) electrons. The molecule has 5 nitrogen and oxygen atoms in total. The van der Waals surface area contributed by atoms with Gasteiger partial charge in [0.25, 0.3) is 0 Å². The summed E-state index contributed by atoms with van der Waals surface area (Å²) >= 11 is 0. The number of carbonyl (C=O) groups is 1. The summed E-state index contributed by atoms with van der Waals surface area (Å²) in [5, 5.41) is 4.08. The molecule has 1 amide bonds. The first kappa shape index (κ1) is 15.7. The average Bonchev–Trinajstić information content (AvgIpc) is 3.04. The molecule has 0 bridgehead atoms. The van der Waals surface area contributed by atoms with Crippen LogP contribution in [0.5, 0.6) is 0 Å². The number of rotatable bonds is 8. The van der Waals surface area contributed by atoms with Crippen molar-refractivity contribution in [1.29, 1.82) is 0 Å². The predicted molar refractivity (Wildman–Crippen MR) is 88.5 cm³/mol. The zero-order valence-electron chi connectivity index (χ0n) is 13.5. The molecule has 1 saturated carbocycles. The number of aromatic nitrogens is 3. The Labute approximate surface area is 137 Å². The Morgan fingerprint density at radius 3 is 2.74 bits per heavy atom. The topological polar surface area (TPSA) is 51.0 Å². The fourth-order valence-corrected chi connectivity index (χ4v) is 2.94. The maximum Gasteiger partial charge on any atom is 0.222 e. The smallest absolute Gasteiger partial charge is 0.222 e. The van der Waals surface area contributed by atoms with Crippen molar-refractivity contribution in [3.05, 3.63) is 48.5 Å². The molecule has 0 N–H and O–H groups in total. The van der Waals surface area contributed by atoms with Gasteiger partial charge in [0.15, 0.2) is 0 Å². The lowest BCUT2D eigenvalue weighted by Gasteiger charge is -2.32. The van der Waals surface area contributed by atoms with Gasteiger partial charge in [0.1, 0.15) is 12.7 Å². The van der Waals surface area contributed by atoms with Crippen LogP contribution in [0.4, 0.5) is 0 Å². The Morgan fingerprint density at radius 1 is 1.26 bits per heavy atom. The van der Waals surface area contributed by atoms with Crippen molar-refractivity contribution < 1.29 is 4.79 Å². The molecule has 1 aliphatic carbocycles. The molecule has 1 heterocycles. The van der Waals surface area contributed by atoms with Crippen LogP contribution in [-0.4, -0.2) is 32.1 Å². The molecule has 0 unspecified atom stereocenters. The Balaban J connectivity index is 1.53. The van der Waals surface area contributed by atoms with Crippen LogP contribution < -0.4 is 0 Å². The maximum atomic E-state index is 12.6. The minimum Gasteiger partial charge on any atom is -0.338 e. The van der Waals surface area contributed by atoms with Gasteiger partial charge in [-0.1, -0.05) is 36.8 Å². The maximum absolute atomic E-state index is 12.6. The van der Waals surface area contributed by atoms with E-state index in [9.17, 15) is 4.79 Å². The molecule has 0 spiro atoms. The zero-order chi connectivity index (χ0) is 15.9. The third-order valence-corrected chi connectivity index (χ3v) is 4.52. The molecule has 0 aliphatic heterocycles. The molecule has 0 atom stereocenters. The minimum atomic E-state index is 0.251. The summed E-state index contributed by atoms with van der Waals surface area (Å²) in [6.45, 7) is 2.37. The highest BCUT2D eigenvalue weighted by atomic mass is 16.2. The first-order valence-electron chi connectivity index (χ1n) is 8.45. The highest BCUT2D eigenvalue weighted by molar-refractivity contribution is 5.76. The first-order chi connectivity index (χ1) is 11.3. The van der Waals surface area contributed by atoms with Crippen molar-refractivity contribution >= 4 is 5.91 Å². The molecule has 1 aromatic heterocycles. The van der Waals surface area contributed by atoms with Crippen molar-refractivity contribution in [3.8, 4) is 0 Å². The Morgan fingerprint density at radius 2 is 2.09 bits per heavy atom. The summed E-state index contributed by atoms with van der Waals surface area (Å²) in [4.78, 5) is 18.6. The van der Waals surface area contributed by atoms with E-state index >= 15 is 0 Å². The van der Waals surface area contributed by atoms with E-state index < -0.39 is 0 Å². The van der Waals surface area contributed by atoms with E-state index in [0.717, 1.165) is 26.1 Å². The van der Waals surface area contributed by atoms with Gasteiger partial charge in [-0.3, -0.25) is 9.48 Å². The van der Waals surface area contributed by atoms with Gasteiger partial charge in [-0.2, -0.15) is 5.10 Å². The van der Waals surface area contributed by atoms with Crippen LogP contribution in [0.1, 0.15) is 37.7 Å². The van der Waals surface area contributed by atoms with Gasteiger partial charge in [0.05, 0.1) is 0 Å². The number of carbonyl (C=O) groups excluding carboxylic acids is 1. The van der Waals surface area contributed by atoms with Crippen LogP contribution in [0.2, 0.25) is 0 Å². The molecule has 1 aliphatic rings. The van der Waals surface area contributed by atoms with Gasteiger partial charge >= 0.3 is 0 Å². The normalized spacial score (nSPS) is 14.4. The quantitative estimate of drug-likeness (QED) is 0.753. The van der Waals surface area contributed by atoms with Crippen LogP contribution in [-0.2, 0) is 17.9 Å². The summed E-state index contributed by atoms with van der Waals surface area (Å²) in [6.07, 6.45) is 8.43. The van der Waals surface area contributed by atoms with Crippen molar-refractivity contribution in [2.24, 2.45) is 5.92 Å². The van der Waals surface area contributed by atoms with Crippen LogP contribution in [0.15, 0.2) is 43.0 Å². The van der Waals surface area contributed by atoms with E-state index in [2.05, 4.69) is 22.2 Å². The first-order valence-corrected chi connectivity index (χ1v) is 8.45. The van der Waals surface area contributed by atoms with E-state index in [1.54, 1.807) is 11.0 Å². The van der Waals surface area contributed by atoms with Crippen LogP contribution in [0, 0.1) is 5.92 Å².